The topological polar surface area (TPSA) is 97.1 Å². The summed E-state index contributed by atoms with van der Waals surface area (Å²) in [5.74, 6) is 2.37. The van der Waals surface area contributed by atoms with Crippen LogP contribution in [0.5, 0.6) is 5.75 Å². The van der Waals surface area contributed by atoms with Gasteiger partial charge in [-0.15, -0.1) is 0 Å². The van der Waals surface area contributed by atoms with Crippen LogP contribution in [-0.4, -0.2) is 71.2 Å². The van der Waals surface area contributed by atoms with Gasteiger partial charge in [0.25, 0.3) is 0 Å². The minimum Gasteiger partial charge on any atom is -0.496 e. The first-order valence-electron chi connectivity index (χ1n) is 18.0. The van der Waals surface area contributed by atoms with Crippen LogP contribution in [0.4, 0.5) is 10.5 Å². The molecule has 0 radical (unpaired) electrons. The second kappa shape index (κ2) is 14.3. The summed E-state index contributed by atoms with van der Waals surface area (Å²) in [6, 6.07) is 15.6. The summed E-state index contributed by atoms with van der Waals surface area (Å²) in [4.78, 5) is 30.3. The van der Waals surface area contributed by atoms with Crippen LogP contribution in [0.15, 0.2) is 54.9 Å². The summed E-state index contributed by atoms with van der Waals surface area (Å²) < 4.78 is 13.1. The third-order valence-electron chi connectivity index (χ3n) is 11.2. The molecule has 0 bridgehead atoms. The Labute approximate surface area is 284 Å². The summed E-state index contributed by atoms with van der Waals surface area (Å²) in [6.07, 6.45) is 13.5. The Morgan fingerprint density at radius 2 is 1.67 bits per heavy atom. The number of amides is 2. The molecule has 0 spiro atoms. The molecule has 256 valence electrons. The van der Waals surface area contributed by atoms with Crippen molar-refractivity contribution < 1.29 is 24.2 Å². The van der Waals surface area contributed by atoms with Crippen LogP contribution in [0.3, 0.4) is 0 Å². The molecule has 9 heteroatoms. The predicted molar refractivity (Wildman–Crippen MR) is 185 cm³/mol. The normalized spacial score (nSPS) is 24.5. The Morgan fingerprint density at radius 3 is 2.35 bits per heavy atom. The molecule has 0 atom stereocenters. The minimum atomic E-state index is -0.434. The van der Waals surface area contributed by atoms with Crippen molar-refractivity contribution >= 4 is 17.7 Å². The number of ether oxygens (including phenoxy) is 2. The van der Waals surface area contributed by atoms with Crippen LogP contribution >= 0.6 is 0 Å². The van der Waals surface area contributed by atoms with E-state index in [2.05, 4.69) is 70.3 Å². The molecule has 3 aliphatic carbocycles. The first-order chi connectivity index (χ1) is 23.3. The van der Waals surface area contributed by atoms with E-state index in [9.17, 15) is 14.7 Å². The first kappa shape index (κ1) is 32.7. The molecule has 1 saturated heterocycles. The molecule has 4 fully saturated rings. The smallest absolute Gasteiger partial charge is 0.409 e. The van der Waals surface area contributed by atoms with Crippen molar-refractivity contribution in [3.05, 3.63) is 66.0 Å². The van der Waals surface area contributed by atoms with Crippen LogP contribution in [-0.2, 0) is 9.53 Å². The molecule has 2 heterocycles. The highest BCUT2D eigenvalue weighted by molar-refractivity contribution is 5.95. The Morgan fingerprint density at radius 1 is 0.917 bits per heavy atom. The quantitative estimate of drug-likeness (QED) is 0.250. The fourth-order valence-electron chi connectivity index (χ4n) is 7.98. The van der Waals surface area contributed by atoms with E-state index in [1.54, 1.807) is 7.11 Å². The number of anilines is 1. The van der Waals surface area contributed by atoms with Crippen molar-refractivity contribution in [3.8, 4) is 16.9 Å². The van der Waals surface area contributed by atoms with E-state index in [0.29, 0.717) is 37.6 Å². The lowest BCUT2D eigenvalue weighted by Crippen LogP contribution is -2.53. The summed E-state index contributed by atoms with van der Waals surface area (Å²) in [7, 11) is 1.72. The monoisotopic (exact) mass is 654 g/mol. The summed E-state index contributed by atoms with van der Waals surface area (Å²) in [5, 5.41) is 14.1. The highest BCUT2D eigenvalue weighted by Gasteiger charge is 2.35. The predicted octanol–water partition coefficient (Wildman–Crippen LogP) is 7.13. The molecule has 3 aromatic rings. The number of β-amino-alcohol motifs (C(OH)–C–C–N with tert-alkyl or cyclic N) is 1. The third-order valence-corrected chi connectivity index (χ3v) is 11.2. The molecule has 2 amide bonds. The lowest BCUT2D eigenvalue weighted by Gasteiger charge is -2.37. The van der Waals surface area contributed by atoms with Crippen molar-refractivity contribution in [2.45, 2.75) is 89.2 Å². The zero-order chi connectivity index (χ0) is 33.2. The van der Waals surface area contributed by atoms with E-state index in [1.807, 2.05) is 6.20 Å². The van der Waals surface area contributed by atoms with Gasteiger partial charge in [-0.2, -0.15) is 5.10 Å². The largest absolute Gasteiger partial charge is 0.496 e. The molecule has 2 aromatic carbocycles. The van der Waals surface area contributed by atoms with Crippen molar-refractivity contribution in [1.29, 1.82) is 0 Å². The molecule has 1 aliphatic heterocycles. The Bertz CT molecular complexity index is 1580. The van der Waals surface area contributed by atoms with Gasteiger partial charge in [0.2, 0.25) is 5.91 Å². The van der Waals surface area contributed by atoms with E-state index in [1.165, 1.54) is 28.9 Å². The van der Waals surface area contributed by atoms with Gasteiger partial charge >= 0.3 is 6.09 Å². The number of hydrogen-bond acceptors (Lipinski definition) is 6. The molecule has 3 saturated carbocycles. The average Bonchev–Trinajstić information content (AvgIpc) is 3.84. The molecule has 9 nitrogen and oxygen atoms in total. The summed E-state index contributed by atoms with van der Waals surface area (Å²) >= 11 is 0. The molecule has 7 rings (SSSR count). The maximum absolute atomic E-state index is 14.4. The number of benzene rings is 2. The molecule has 4 aliphatic rings. The van der Waals surface area contributed by atoms with E-state index < -0.39 is 6.10 Å². The number of nitrogens with zero attached hydrogens (tertiary/aromatic N) is 4. The van der Waals surface area contributed by atoms with Gasteiger partial charge in [-0.05, 0) is 124 Å². The number of aliphatic hydroxyl groups excluding tert-OH is 1. The third kappa shape index (κ3) is 7.41. The van der Waals surface area contributed by atoms with Crippen molar-refractivity contribution in [2.75, 3.05) is 38.3 Å². The van der Waals surface area contributed by atoms with Gasteiger partial charge in [0, 0.05) is 29.9 Å². The van der Waals surface area contributed by atoms with Crippen molar-refractivity contribution in [2.24, 2.45) is 17.8 Å². The summed E-state index contributed by atoms with van der Waals surface area (Å²) in [6.45, 7) is 3.93. The van der Waals surface area contributed by atoms with E-state index in [0.717, 1.165) is 80.5 Å². The number of aliphatic hydroxyl groups is 1. The maximum atomic E-state index is 14.4. The van der Waals surface area contributed by atoms with E-state index >= 15 is 0 Å². The first-order valence-corrected chi connectivity index (χ1v) is 18.0. The Balaban J connectivity index is 1.02. The molecule has 48 heavy (non-hydrogen) atoms. The maximum Gasteiger partial charge on any atom is 0.409 e. The van der Waals surface area contributed by atoms with Gasteiger partial charge in [-0.1, -0.05) is 24.3 Å². The molecular weight excluding hydrogens is 604 g/mol. The van der Waals surface area contributed by atoms with Crippen LogP contribution in [0.2, 0.25) is 0 Å². The van der Waals surface area contributed by atoms with E-state index in [4.69, 9.17) is 9.47 Å². The number of likely N-dealkylation sites (tertiary alicyclic amines) is 1. The second-order valence-electron chi connectivity index (χ2n) is 14.7. The number of carbonyl (C=O) groups excluding carboxylic acids is 2. The van der Waals surface area contributed by atoms with Gasteiger partial charge < -0.3 is 24.4 Å². The SMILES string of the molecule is COc1ccc(C2CCC(CN(C(=O)C3CCC(COC(=O)N4CC(O)C4)CC3)c3cccc(-c4cnn(C5CC5)c4)c3)CC2)cc1C. The average molecular weight is 655 g/mol. The van der Waals surface area contributed by atoms with Crippen LogP contribution in [0.1, 0.15) is 87.3 Å². The van der Waals surface area contributed by atoms with Crippen molar-refractivity contribution in [1.82, 2.24) is 14.7 Å². The number of rotatable bonds is 10. The molecular formula is C39H50N4O5. The minimum absolute atomic E-state index is 0.0395. The van der Waals surface area contributed by atoms with Gasteiger partial charge in [0.05, 0.1) is 45.1 Å². The van der Waals surface area contributed by atoms with Crippen LogP contribution in [0, 0.1) is 24.7 Å². The molecule has 1 aromatic heterocycles. The number of methoxy groups -OCH3 is 1. The number of hydrogen-bond donors (Lipinski definition) is 1. The van der Waals surface area contributed by atoms with Crippen LogP contribution in [0.25, 0.3) is 11.1 Å². The number of carbonyl (C=O) groups is 2. The Kier molecular flexibility index (Phi) is 9.76. The molecule has 0 unspecified atom stereocenters. The second-order valence-corrected chi connectivity index (χ2v) is 14.7. The van der Waals surface area contributed by atoms with Crippen LogP contribution < -0.4 is 9.64 Å². The van der Waals surface area contributed by atoms with Gasteiger partial charge in [0.1, 0.15) is 5.75 Å². The van der Waals surface area contributed by atoms with E-state index in [-0.39, 0.29) is 23.8 Å². The number of aromatic nitrogens is 2. The lowest BCUT2D eigenvalue weighted by atomic mass is 9.77. The zero-order valence-corrected chi connectivity index (χ0v) is 28.4. The van der Waals surface area contributed by atoms with Gasteiger partial charge in [0.15, 0.2) is 0 Å². The fourth-order valence-corrected chi connectivity index (χ4v) is 7.98. The highest BCUT2D eigenvalue weighted by Crippen LogP contribution is 2.40. The molecule has 1 N–H and O–H groups in total. The zero-order valence-electron chi connectivity index (χ0n) is 28.4. The highest BCUT2D eigenvalue weighted by atomic mass is 16.6. The summed E-state index contributed by atoms with van der Waals surface area (Å²) in [5.41, 5.74) is 5.73. The standard InChI is InChI=1S/C39H50N4O5/c1-26-18-32(14-17-37(26)47-2)29-10-6-27(7-11-29)21-42(35-5-3-4-31(19-35)33-20-40-43(22-33)34-15-16-34)38(45)30-12-8-28(9-13-30)25-48-39(46)41-23-36(44)24-41/h3-5,14,17-20,22,27-30,34,36,44H,6-13,15-16,21,23-25H2,1-2H3. The number of aryl methyl sites for hydroxylation is 1. The fraction of sp³-hybridized carbons (Fsp3) is 0.564. The lowest BCUT2D eigenvalue weighted by molar-refractivity contribution is -0.124. The van der Waals surface area contributed by atoms with Crippen molar-refractivity contribution in [3.63, 3.8) is 0 Å². The van der Waals surface area contributed by atoms with Gasteiger partial charge in [-0.25, -0.2) is 4.79 Å². The van der Waals surface area contributed by atoms with Gasteiger partial charge in [-0.3, -0.25) is 9.48 Å². The Hall–Kier alpha value is -3.85.